The van der Waals surface area contributed by atoms with Crippen molar-refractivity contribution in [1.82, 2.24) is 20.4 Å². The molecule has 2 heterocycles. The fourth-order valence-corrected chi connectivity index (χ4v) is 3.08. The van der Waals surface area contributed by atoms with Gasteiger partial charge in [0, 0.05) is 18.5 Å². The van der Waals surface area contributed by atoms with E-state index in [1.165, 1.54) is 0 Å². The predicted octanol–water partition coefficient (Wildman–Crippen LogP) is 2.06. The number of likely N-dealkylation sites (tertiary alicyclic amines) is 1. The number of carbonyl (C=O) groups is 2. The summed E-state index contributed by atoms with van der Waals surface area (Å²) in [4.78, 5) is 30.3. The zero-order valence-electron chi connectivity index (χ0n) is 14.5. The highest BCUT2D eigenvalue weighted by Gasteiger charge is 2.31. The van der Waals surface area contributed by atoms with E-state index in [1.807, 2.05) is 38.1 Å². The first-order valence-corrected chi connectivity index (χ1v) is 8.56. The normalized spacial score (nSPS) is 15.4. The molecule has 0 radical (unpaired) electrons. The fourth-order valence-electron chi connectivity index (χ4n) is 3.08. The molecule has 132 valence electrons. The van der Waals surface area contributed by atoms with Crippen LogP contribution in [0.25, 0.3) is 11.5 Å². The second-order valence-corrected chi connectivity index (χ2v) is 6.16. The lowest BCUT2D eigenvalue weighted by molar-refractivity contribution is -0.137. The second kappa shape index (κ2) is 7.46. The molecule has 0 spiro atoms. The number of hydrogen-bond donors (Lipinski definition) is 1. The average molecular weight is 342 g/mol. The number of nitrogens with one attached hydrogen (secondary N) is 1. The van der Waals surface area contributed by atoms with Crippen LogP contribution < -0.4 is 5.32 Å². The third-order valence-corrected chi connectivity index (χ3v) is 4.44. The van der Waals surface area contributed by atoms with Crippen molar-refractivity contribution in [2.24, 2.45) is 0 Å². The van der Waals surface area contributed by atoms with Crippen LogP contribution in [-0.4, -0.2) is 39.4 Å². The first-order valence-electron chi connectivity index (χ1n) is 8.56. The summed E-state index contributed by atoms with van der Waals surface area (Å²) in [6.07, 6.45) is 1.92. The van der Waals surface area contributed by atoms with Crippen molar-refractivity contribution in [3.05, 3.63) is 35.7 Å². The van der Waals surface area contributed by atoms with Gasteiger partial charge in [-0.05, 0) is 31.4 Å². The minimum Gasteiger partial charge on any atom is -0.347 e. The largest absolute Gasteiger partial charge is 0.347 e. The van der Waals surface area contributed by atoms with E-state index in [2.05, 4.69) is 15.5 Å². The highest BCUT2D eigenvalue weighted by atomic mass is 16.5. The Morgan fingerprint density at radius 2 is 2.20 bits per heavy atom. The van der Waals surface area contributed by atoms with Crippen LogP contribution in [0.2, 0.25) is 0 Å². The Morgan fingerprint density at radius 3 is 2.88 bits per heavy atom. The van der Waals surface area contributed by atoms with Gasteiger partial charge >= 0.3 is 0 Å². The molecule has 1 saturated heterocycles. The standard InChI is InChI=1S/C18H22N4O3/c1-3-14(22-10-6-9-16(22)23)17(24)19-11-15-20-18(25-21-15)13-8-5-4-7-12(13)2/h4-5,7-8,14H,3,6,9-11H2,1-2H3,(H,19,24)/t14-/m1/s1. The summed E-state index contributed by atoms with van der Waals surface area (Å²) < 4.78 is 5.29. The summed E-state index contributed by atoms with van der Waals surface area (Å²) in [6, 6.07) is 7.31. The van der Waals surface area contributed by atoms with Gasteiger partial charge in [-0.3, -0.25) is 9.59 Å². The van der Waals surface area contributed by atoms with Gasteiger partial charge in [0.25, 0.3) is 5.89 Å². The topological polar surface area (TPSA) is 88.3 Å². The highest BCUT2D eigenvalue weighted by Crippen LogP contribution is 2.21. The molecule has 7 nitrogen and oxygen atoms in total. The summed E-state index contributed by atoms with van der Waals surface area (Å²) in [5.41, 5.74) is 1.92. The van der Waals surface area contributed by atoms with E-state index in [9.17, 15) is 9.59 Å². The third kappa shape index (κ3) is 3.70. The SMILES string of the molecule is CC[C@H](C(=O)NCc1noc(-c2ccccc2C)n1)N1CCCC1=O. The van der Waals surface area contributed by atoms with Gasteiger partial charge in [-0.25, -0.2) is 0 Å². The molecule has 0 aliphatic carbocycles. The Labute approximate surface area is 146 Å². The van der Waals surface area contributed by atoms with Gasteiger partial charge in [-0.1, -0.05) is 30.3 Å². The number of aryl methyl sites for hydroxylation is 1. The maximum Gasteiger partial charge on any atom is 0.258 e. The van der Waals surface area contributed by atoms with Gasteiger partial charge < -0.3 is 14.7 Å². The smallest absolute Gasteiger partial charge is 0.258 e. The summed E-state index contributed by atoms with van der Waals surface area (Å²) >= 11 is 0. The van der Waals surface area contributed by atoms with Crippen molar-refractivity contribution in [3.63, 3.8) is 0 Å². The second-order valence-electron chi connectivity index (χ2n) is 6.16. The molecule has 3 rings (SSSR count). The van der Waals surface area contributed by atoms with Crippen LogP contribution in [-0.2, 0) is 16.1 Å². The Balaban J connectivity index is 1.63. The molecule has 1 aromatic carbocycles. The van der Waals surface area contributed by atoms with Crippen LogP contribution in [0.3, 0.4) is 0 Å². The number of nitrogens with zero attached hydrogens (tertiary/aromatic N) is 3. The van der Waals surface area contributed by atoms with Gasteiger partial charge in [0.05, 0.1) is 6.54 Å². The van der Waals surface area contributed by atoms with E-state index in [1.54, 1.807) is 4.90 Å². The molecule has 1 aliphatic rings. The van der Waals surface area contributed by atoms with Crippen molar-refractivity contribution < 1.29 is 14.1 Å². The van der Waals surface area contributed by atoms with Gasteiger partial charge in [0.15, 0.2) is 5.82 Å². The molecular weight excluding hydrogens is 320 g/mol. The lowest BCUT2D eigenvalue weighted by Gasteiger charge is -2.25. The van der Waals surface area contributed by atoms with Crippen LogP contribution in [0.1, 0.15) is 37.6 Å². The average Bonchev–Trinajstić information content (AvgIpc) is 3.24. The van der Waals surface area contributed by atoms with Crippen LogP contribution >= 0.6 is 0 Å². The fraction of sp³-hybridized carbons (Fsp3) is 0.444. The van der Waals surface area contributed by atoms with Crippen LogP contribution in [0.4, 0.5) is 0 Å². The third-order valence-electron chi connectivity index (χ3n) is 4.44. The van der Waals surface area contributed by atoms with Crippen LogP contribution in [0.15, 0.2) is 28.8 Å². The van der Waals surface area contributed by atoms with Crippen molar-refractivity contribution in [2.75, 3.05) is 6.54 Å². The zero-order valence-corrected chi connectivity index (χ0v) is 14.5. The quantitative estimate of drug-likeness (QED) is 0.868. The van der Waals surface area contributed by atoms with E-state index in [-0.39, 0.29) is 18.4 Å². The first kappa shape index (κ1) is 17.1. The van der Waals surface area contributed by atoms with Gasteiger partial charge in [0.1, 0.15) is 6.04 Å². The number of aromatic nitrogens is 2. The molecule has 0 saturated carbocycles. The number of benzene rings is 1. The maximum absolute atomic E-state index is 12.4. The van der Waals surface area contributed by atoms with E-state index in [0.717, 1.165) is 17.5 Å². The Kier molecular flexibility index (Phi) is 5.11. The molecule has 25 heavy (non-hydrogen) atoms. The van der Waals surface area contributed by atoms with Crippen molar-refractivity contribution in [2.45, 2.75) is 45.7 Å². The van der Waals surface area contributed by atoms with E-state index in [0.29, 0.717) is 31.1 Å². The first-order chi connectivity index (χ1) is 12.1. The van der Waals surface area contributed by atoms with Crippen LogP contribution in [0, 0.1) is 6.92 Å². The number of carbonyl (C=O) groups excluding carboxylic acids is 2. The molecule has 1 aliphatic heterocycles. The molecular formula is C18H22N4O3. The summed E-state index contributed by atoms with van der Waals surface area (Å²) in [7, 11) is 0. The molecule has 1 N–H and O–H groups in total. The minimum atomic E-state index is -0.433. The van der Waals surface area contributed by atoms with Gasteiger partial charge in [-0.2, -0.15) is 4.98 Å². The molecule has 0 bridgehead atoms. The lowest BCUT2D eigenvalue weighted by Crippen LogP contribution is -2.47. The van der Waals surface area contributed by atoms with Crippen molar-refractivity contribution >= 4 is 11.8 Å². The molecule has 1 fully saturated rings. The van der Waals surface area contributed by atoms with Crippen LogP contribution in [0.5, 0.6) is 0 Å². The zero-order chi connectivity index (χ0) is 17.8. The number of rotatable bonds is 6. The summed E-state index contributed by atoms with van der Waals surface area (Å²) in [5, 5.41) is 6.73. The number of amides is 2. The summed E-state index contributed by atoms with van der Waals surface area (Å²) in [5.74, 6) is 0.710. The molecule has 7 heteroatoms. The molecule has 2 aromatic rings. The van der Waals surface area contributed by atoms with E-state index in [4.69, 9.17) is 4.52 Å². The Morgan fingerprint density at radius 1 is 1.40 bits per heavy atom. The van der Waals surface area contributed by atoms with E-state index < -0.39 is 6.04 Å². The molecule has 2 amide bonds. The summed E-state index contributed by atoms with van der Waals surface area (Å²) in [6.45, 7) is 4.69. The maximum atomic E-state index is 12.4. The van der Waals surface area contributed by atoms with E-state index >= 15 is 0 Å². The number of hydrogen-bond acceptors (Lipinski definition) is 5. The Bertz CT molecular complexity index is 771. The van der Waals surface area contributed by atoms with Gasteiger partial charge in [0.2, 0.25) is 11.8 Å². The molecule has 1 atom stereocenters. The highest BCUT2D eigenvalue weighted by molar-refractivity contribution is 5.88. The molecule has 1 aromatic heterocycles. The molecule has 0 unspecified atom stereocenters. The minimum absolute atomic E-state index is 0.0448. The lowest BCUT2D eigenvalue weighted by atomic mass is 10.1. The predicted molar refractivity (Wildman–Crippen MR) is 91.3 cm³/mol. The van der Waals surface area contributed by atoms with Crippen molar-refractivity contribution in [3.8, 4) is 11.5 Å². The van der Waals surface area contributed by atoms with Gasteiger partial charge in [-0.15, -0.1) is 0 Å². The Hall–Kier alpha value is -2.70. The van der Waals surface area contributed by atoms with Crippen molar-refractivity contribution in [1.29, 1.82) is 0 Å². The monoisotopic (exact) mass is 342 g/mol.